The SMILES string of the molecule is COC(=O)[C@@H]1CC(I)=C(c2ccccc2)N1S(=O)(=O)c1ccc(OC)cc1. The molecule has 0 saturated heterocycles. The van der Waals surface area contributed by atoms with Crippen molar-refractivity contribution >= 4 is 44.3 Å². The molecule has 0 aliphatic carbocycles. The van der Waals surface area contributed by atoms with Gasteiger partial charge in [0.25, 0.3) is 10.0 Å². The second-order valence-corrected chi connectivity index (χ2v) is 8.96. The van der Waals surface area contributed by atoms with Gasteiger partial charge in [-0.05, 0) is 52.4 Å². The van der Waals surface area contributed by atoms with Crippen LogP contribution in [0, 0.1) is 0 Å². The van der Waals surface area contributed by atoms with Crippen LogP contribution in [0.1, 0.15) is 12.0 Å². The van der Waals surface area contributed by atoms with Crippen LogP contribution in [-0.2, 0) is 19.6 Å². The van der Waals surface area contributed by atoms with Gasteiger partial charge in [0.15, 0.2) is 0 Å². The highest BCUT2D eigenvalue weighted by atomic mass is 127. The molecular weight excluding hydrogens is 481 g/mol. The molecule has 0 radical (unpaired) electrons. The number of hydrogen-bond donors (Lipinski definition) is 0. The predicted octanol–water partition coefficient (Wildman–Crippen LogP) is 3.44. The molecule has 142 valence electrons. The standard InChI is InChI=1S/C19H18INO5S/c1-25-14-8-10-15(11-9-14)27(23,24)21-17(19(22)26-2)12-16(20)18(21)13-6-4-3-5-7-13/h3-11,17H,12H2,1-2H3/t17-/m0/s1. The van der Waals surface area contributed by atoms with E-state index in [1.165, 1.54) is 30.7 Å². The van der Waals surface area contributed by atoms with Crippen LogP contribution in [-0.4, -0.2) is 39.0 Å². The molecule has 0 unspecified atom stereocenters. The smallest absolute Gasteiger partial charge is 0.330 e. The van der Waals surface area contributed by atoms with Gasteiger partial charge in [-0.3, -0.25) is 4.31 Å². The molecule has 3 rings (SSSR count). The maximum absolute atomic E-state index is 13.4. The van der Waals surface area contributed by atoms with E-state index in [4.69, 9.17) is 9.47 Å². The molecule has 0 fully saturated rings. The number of esters is 1. The maximum atomic E-state index is 13.4. The Bertz CT molecular complexity index is 971. The number of carbonyl (C=O) groups is 1. The molecule has 0 N–H and O–H groups in total. The third-order valence-corrected chi connectivity index (χ3v) is 7.04. The highest BCUT2D eigenvalue weighted by Crippen LogP contribution is 2.43. The monoisotopic (exact) mass is 499 g/mol. The van der Waals surface area contributed by atoms with Gasteiger partial charge in [0.1, 0.15) is 11.8 Å². The summed E-state index contributed by atoms with van der Waals surface area (Å²) in [4.78, 5) is 12.4. The first-order chi connectivity index (χ1) is 12.9. The number of methoxy groups -OCH3 is 2. The average molecular weight is 499 g/mol. The van der Waals surface area contributed by atoms with E-state index in [0.29, 0.717) is 11.4 Å². The fourth-order valence-corrected chi connectivity index (χ4v) is 5.78. The zero-order valence-corrected chi connectivity index (χ0v) is 17.7. The largest absolute Gasteiger partial charge is 0.497 e. The Labute approximate surface area is 172 Å². The van der Waals surface area contributed by atoms with Gasteiger partial charge in [0.2, 0.25) is 0 Å². The second kappa shape index (κ2) is 7.89. The lowest BCUT2D eigenvalue weighted by atomic mass is 10.1. The fourth-order valence-electron chi connectivity index (χ4n) is 2.97. The van der Waals surface area contributed by atoms with Crippen molar-refractivity contribution in [3.05, 3.63) is 63.7 Å². The Morgan fingerprint density at radius 3 is 2.26 bits per heavy atom. The summed E-state index contributed by atoms with van der Waals surface area (Å²) < 4.78 is 38.8. The first kappa shape index (κ1) is 19.7. The molecule has 0 amide bonds. The van der Waals surface area contributed by atoms with E-state index < -0.39 is 22.0 Å². The van der Waals surface area contributed by atoms with E-state index in [2.05, 4.69) is 22.6 Å². The van der Waals surface area contributed by atoms with E-state index in [1.807, 2.05) is 30.3 Å². The molecule has 0 spiro atoms. The van der Waals surface area contributed by atoms with Gasteiger partial charge >= 0.3 is 5.97 Å². The molecule has 1 aliphatic heterocycles. The number of sulfonamides is 1. The number of hydrogen-bond acceptors (Lipinski definition) is 5. The summed E-state index contributed by atoms with van der Waals surface area (Å²) >= 11 is 2.09. The third kappa shape index (κ3) is 3.68. The minimum absolute atomic E-state index is 0.0803. The molecule has 0 aromatic heterocycles. The molecule has 27 heavy (non-hydrogen) atoms. The summed E-state index contributed by atoms with van der Waals surface area (Å²) in [6.07, 6.45) is 0.271. The Balaban J connectivity index is 2.14. The minimum atomic E-state index is -3.98. The fraction of sp³-hybridized carbons (Fsp3) is 0.211. The Morgan fingerprint density at radius 1 is 1.07 bits per heavy atom. The van der Waals surface area contributed by atoms with Crippen molar-refractivity contribution in [3.8, 4) is 5.75 Å². The number of ether oxygens (including phenoxy) is 2. The lowest BCUT2D eigenvalue weighted by Crippen LogP contribution is -2.41. The van der Waals surface area contributed by atoms with Crippen LogP contribution in [0.2, 0.25) is 0 Å². The van der Waals surface area contributed by atoms with Crippen LogP contribution in [0.5, 0.6) is 5.75 Å². The van der Waals surface area contributed by atoms with E-state index >= 15 is 0 Å². The normalized spacial score (nSPS) is 17.1. The topological polar surface area (TPSA) is 72.9 Å². The molecule has 1 atom stereocenters. The number of halogens is 1. The molecule has 2 aromatic carbocycles. The highest BCUT2D eigenvalue weighted by Gasteiger charge is 2.44. The van der Waals surface area contributed by atoms with Gasteiger partial charge in [-0.25, -0.2) is 13.2 Å². The Kier molecular flexibility index (Phi) is 5.75. The average Bonchev–Trinajstić information content (AvgIpc) is 3.06. The van der Waals surface area contributed by atoms with Gasteiger partial charge in [0, 0.05) is 10.0 Å². The molecule has 6 nitrogen and oxygen atoms in total. The number of rotatable bonds is 5. The zero-order chi connectivity index (χ0) is 19.6. The number of carbonyl (C=O) groups excluding carboxylic acids is 1. The first-order valence-corrected chi connectivity index (χ1v) is 10.6. The summed E-state index contributed by atoms with van der Waals surface area (Å²) in [5.41, 5.74) is 1.23. The summed E-state index contributed by atoms with van der Waals surface area (Å²) in [6, 6.07) is 14.3. The lowest BCUT2D eigenvalue weighted by Gasteiger charge is -2.27. The lowest BCUT2D eigenvalue weighted by molar-refractivity contribution is -0.144. The molecule has 0 saturated carbocycles. The predicted molar refractivity (Wildman–Crippen MR) is 110 cm³/mol. The minimum Gasteiger partial charge on any atom is -0.497 e. The van der Waals surface area contributed by atoms with Gasteiger partial charge in [-0.2, -0.15) is 0 Å². The summed E-state index contributed by atoms with van der Waals surface area (Å²) in [5.74, 6) is -0.0412. The molecule has 1 heterocycles. The van der Waals surface area contributed by atoms with Crippen LogP contribution in [0.15, 0.2) is 63.1 Å². The molecular formula is C19H18INO5S. The van der Waals surface area contributed by atoms with Crippen LogP contribution < -0.4 is 4.74 Å². The van der Waals surface area contributed by atoms with Crippen molar-refractivity contribution < 1.29 is 22.7 Å². The van der Waals surface area contributed by atoms with Crippen molar-refractivity contribution in [3.63, 3.8) is 0 Å². The number of nitrogens with zero attached hydrogens (tertiary/aromatic N) is 1. The number of benzene rings is 2. The van der Waals surface area contributed by atoms with Crippen LogP contribution in [0.4, 0.5) is 0 Å². The summed E-state index contributed by atoms with van der Waals surface area (Å²) in [7, 11) is -1.22. The quantitative estimate of drug-likeness (QED) is 0.466. The molecule has 2 aromatic rings. The third-order valence-electron chi connectivity index (χ3n) is 4.27. The van der Waals surface area contributed by atoms with Gasteiger partial charge in [-0.1, -0.05) is 30.3 Å². The first-order valence-electron chi connectivity index (χ1n) is 8.10. The van der Waals surface area contributed by atoms with E-state index in [9.17, 15) is 13.2 Å². The van der Waals surface area contributed by atoms with E-state index in [1.54, 1.807) is 12.1 Å². The van der Waals surface area contributed by atoms with Crippen molar-refractivity contribution in [2.45, 2.75) is 17.4 Å². The second-order valence-electron chi connectivity index (χ2n) is 5.84. The maximum Gasteiger partial charge on any atom is 0.330 e. The zero-order valence-electron chi connectivity index (χ0n) is 14.8. The van der Waals surface area contributed by atoms with Crippen LogP contribution >= 0.6 is 22.6 Å². The Morgan fingerprint density at radius 2 is 1.70 bits per heavy atom. The summed E-state index contributed by atoms with van der Waals surface area (Å²) in [5, 5.41) is 0. The van der Waals surface area contributed by atoms with E-state index in [0.717, 1.165) is 9.14 Å². The van der Waals surface area contributed by atoms with Crippen molar-refractivity contribution in [1.82, 2.24) is 4.31 Å². The highest BCUT2D eigenvalue weighted by molar-refractivity contribution is 14.1. The van der Waals surface area contributed by atoms with E-state index in [-0.39, 0.29) is 11.3 Å². The van der Waals surface area contributed by atoms with Crippen molar-refractivity contribution in [1.29, 1.82) is 0 Å². The van der Waals surface area contributed by atoms with Gasteiger partial charge in [0.05, 0.1) is 24.8 Å². The van der Waals surface area contributed by atoms with Crippen LogP contribution in [0.25, 0.3) is 5.70 Å². The molecule has 0 bridgehead atoms. The summed E-state index contributed by atoms with van der Waals surface area (Å²) in [6.45, 7) is 0. The Hall–Kier alpha value is -2.07. The van der Waals surface area contributed by atoms with Crippen molar-refractivity contribution in [2.75, 3.05) is 14.2 Å². The van der Waals surface area contributed by atoms with Gasteiger partial charge < -0.3 is 9.47 Å². The molecule has 1 aliphatic rings. The van der Waals surface area contributed by atoms with Crippen molar-refractivity contribution in [2.24, 2.45) is 0 Å². The van der Waals surface area contributed by atoms with Crippen LogP contribution in [0.3, 0.4) is 0 Å². The van der Waals surface area contributed by atoms with Gasteiger partial charge in [-0.15, -0.1) is 0 Å². The molecule has 8 heteroatoms.